The molecule has 0 radical (unpaired) electrons. The molecule has 10 heteroatoms. The number of pyridine rings is 3. The first-order valence-corrected chi connectivity index (χ1v) is 12.7. The predicted octanol–water partition coefficient (Wildman–Crippen LogP) is 2.86. The Bertz CT molecular complexity index is 1260. The van der Waals surface area contributed by atoms with Gasteiger partial charge < -0.3 is 19.9 Å². The summed E-state index contributed by atoms with van der Waals surface area (Å²) in [7, 11) is 3.47. The van der Waals surface area contributed by atoms with Crippen LogP contribution >= 0.6 is 11.8 Å². The third kappa shape index (κ3) is 5.08. The van der Waals surface area contributed by atoms with Gasteiger partial charge in [0, 0.05) is 45.0 Å². The quantitative estimate of drug-likeness (QED) is 0.561. The summed E-state index contributed by atoms with van der Waals surface area (Å²) in [6, 6.07) is 9.57. The number of hydrogen-bond acceptors (Lipinski definition) is 8. The summed E-state index contributed by atoms with van der Waals surface area (Å²) >= 11 is 1.44. The second-order valence-corrected chi connectivity index (χ2v) is 9.83. The first-order chi connectivity index (χ1) is 17.0. The van der Waals surface area contributed by atoms with E-state index in [9.17, 15) is 9.59 Å². The van der Waals surface area contributed by atoms with Gasteiger partial charge in [0.2, 0.25) is 11.8 Å². The Morgan fingerprint density at radius 2 is 2.03 bits per heavy atom. The van der Waals surface area contributed by atoms with Crippen molar-refractivity contribution in [1.29, 1.82) is 0 Å². The Morgan fingerprint density at radius 3 is 2.83 bits per heavy atom. The second-order valence-electron chi connectivity index (χ2n) is 8.81. The molecule has 1 N–H and O–H groups in total. The Morgan fingerprint density at radius 1 is 1.20 bits per heavy atom. The fourth-order valence-electron chi connectivity index (χ4n) is 4.61. The summed E-state index contributed by atoms with van der Waals surface area (Å²) in [5.41, 5.74) is 3.28. The van der Waals surface area contributed by atoms with Crippen LogP contribution in [-0.4, -0.2) is 82.2 Å². The number of nitrogens with one attached hydrogen (secondary N) is 1. The maximum absolute atomic E-state index is 13.1. The lowest BCUT2D eigenvalue weighted by molar-refractivity contribution is -0.113. The Hall–Kier alpha value is -3.24. The highest BCUT2D eigenvalue weighted by Crippen LogP contribution is 2.30. The number of piperidine rings is 1. The number of ether oxygens (including phenoxy) is 1. The van der Waals surface area contributed by atoms with E-state index in [1.165, 1.54) is 11.8 Å². The van der Waals surface area contributed by atoms with Gasteiger partial charge in [0.1, 0.15) is 11.5 Å². The minimum Gasteiger partial charge on any atom is -0.481 e. The lowest BCUT2D eigenvalue weighted by Gasteiger charge is -2.36. The van der Waals surface area contributed by atoms with Crippen molar-refractivity contribution in [1.82, 2.24) is 24.8 Å². The molecule has 0 aromatic carbocycles. The molecule has 9 nitrogen and oxygen atoms in total. The number of carbonyl (C=O) groups excluding carboxylic acids is 2. The third-order valence-corrected chi connectivity index (χ3v) is 7.71. The minimum atomic E-state index is -0.112. The van der Waals surface area contributed by atoms with Crippen molar-refractivity contribution in [2.45, 2.75) is 30.2 Å². The number of carbonyl (C=O) groups is 2. The number of thioether (sulfide) groups is 1. The molecule has 5 rings (SSSR count). The van der Waals surface area contributed by atoms with Crippen molar-refractivity contribution in [3.8, 4) is 5.88 Å². The molecule has 2 aliphatic rings. The van der Waals surface area contributed by atoms with Gasteiger partial charge in [-0.1, -0.05) is 0 Å². The molecular weight excluding hydrogens is 464 g/mol. The SMILES string of the molecule is COc1ccc2nccc(CCN3CCC(N(C)C(=O)c4ccc5c(n4)NC(=O)CS5)CC3)c2n1. The van der Waals surface area contributed by atoms with Gasteiger partial charge in [0.15, 0.2) is 0 Å². The maximum Gasteiger partial charge on any atom is 0.272 e. The average Bonchev–Trinajstić information content (AvgIpc) is 2.90. The maximum atomic E-state index is 13.1. The normalized spacial score (nSPS) is 16.6. The zero-order valence-corrected chi connectivity index (χ0v) is 20.7. The molecule has 5 heterocycles. The summed E-state index contributed by atoms with van der Waals surface area (Å²) in [6.45, 7) is 2.77. The molecule has 0 aliphatic carbocycles. The van der Waals surface area contributed by atoms with Crippen molar-refractivity contribution in [2.24, 2.45) is 0 Å². The molecule has 0 bridgehead atoms. The van der Waals surface area contributed by atoms with E-state index in [1.54, 1.807) is 18.1 Å². The van der Waals surface area contributed by atoms with Gasteiger partial charge >= 0.3 is 0 Å². The van der Waals surface area contributed by atoms with Crippen molar-refractivity contribution >= 4 is 40.4 Å². The fourth-order valence-corrected chi connectivity index (χ4v) is 5.37. The zero-order valence-electron chi connectivity index (χ0n) is 19.9. The number of rotatable bonds is 6. The molecule has 0 spiro atoms. The van der Waals surface area contributed by atoms with Crippen LogP contribution in [-0.2, 0) is 11.2 Å². The van der Waals surface area contributed by atoms with E-state index in [-0.39, 0.29) is 17.9 Å². The first-order valence-electron chi connectivity index (χ1n) is 11.7. The molecule has 182 valence electrons. The fraction of sp³-hybridized carbons (Fsp3) is 0.400. The smallest absolute Gasteiger partial charge is 0.272 e. The number of nitrogens with zero attached hydrogens (tertiary/aromatic N) is 5. The molecular formula is C25H28N6O3S. The average molecular weight is 493 g/mol. The largest absolute Gasteiger partial charge is 0.481 e. The number of amides is 2. The van der Waals surface area contributed by atoms with Gasteiger partial charge in [0.25, 0.3) is 5.91 Å². The van der Waals surface area contributed by atoms with Crippen LogP contribution < -0.4 is 10.1 Å². The van der Waals surface area contributed by atoms with Crippen molar-refractivity contribution < 1.29 is 14.3 Å². The predicted molar refractivity (Wildman–Crippen MR) is 135 cm³/mol. The van der Waals surface area contributed by atoms with Crippen LogP contribution in [0.5, 0.6) is 5.88 Å². The third-order valence-electron chi connectivity index (χ3n) is 6.67. The van der Waals surface area contributed by atoms with E-state index in [1.807, 2.05) is 37.5 Å². The molecule has 0 unspecified atom stereocenters. The van der Waals surface area contributed by atoms with E-state index in [0.29, 0.717) is 23.1 Å². The lowest BCUT2D eigenvalue weighted by atomic mass is 10.0. The van der Waals surface area contributed by atoms with Crippen molar-refractivity contribution in [3.05, 3.63) is 47.8 Å². The van der Waals surface area contributed by atoms with Crippen LogP contribution in [0.15, 0.2) is 41.4 Å². The Balaban J connectivity index is 1.17. The van der Waals surface area contributed by atoms with Gasteiger partial charge in [-0.3, -0.25) is 14.6 Å². The van der Waals surface area contributed by atoms with Crippen LogP contribution in [0, 0.1) is 0 Å². The van der Waals surface area contributed by atoms with Crippen LogP contribution in [0.1, 0.15) is 28.9 Å². The monoisotopic (exact) mass is 492 g/mol. The van der Waals surface area contributed by atoms with Crippen LogP contribution in [0.25, 0.3) is 11.0 Å². The number of anilines is 1. The van der Waals surface area contributed by atoms with Crippen LogP contribution in [0.3, 0.4) is 0 Å². The van der Waals surface area contributed by atoms with Gasteiger partial charge in [-0.05, 0) is 49.1 Å². The van der Waals surface area contributed by atoms with Gasteiger partial charge in [-0.25, -0.2) is 9.97 Å². The highest BCUT2D eigenvalue weighted by atomic mass is 32.2. The molecule has 1 saturated heterocycles. The van der Waals surface area contributed by atoms with E-state index >= 15 is 0 Å². The lowest BCUT2D eigenvalue weighted by Crippen LogP contribution is -2.46. The zero-order chi connectivity index (χ0) is 24.4. The number of aromatic nitrogens is 3. The summed E-state index contributed by atoms with van der Waals surface area (Å²) < 4.78 is 5.28. The molecule has 0 saturated carbocycles. The van der Waals surface area contributed by atoms with Gasteiger partial charge in [-0.15, -0.1) is 11.8 Å². The summed E-state index contributed by atoms with van der Waals surface area (Å²) in [4.78, 5) is 43.3. The molecule has 2 aliphatic heterocycles. The Kier molecular flexibility index (Phi) is 6.83. The topological polar surface area (TPSA) is 101 Å². The van der Waals surface area contributed by atoms with Crippen LogP contribution in [0.4, 0.5) is 5.82 Å². The first kappa shape index (κ1) is 23.5. The highest BCUT2D eigenvalue weighted by molar-refractivity contribution is 8.00. The van der Waals surface area contributed by atoms with Gasteiger partial charge in [0.05, 0.1) is 28.8 Å². The second kappa shape index (κ2) is 10.2. The summed E-state index contributed by atoms with van der Waals surface area (Å²) in [5, 5.41) is 2.76. The number of likely N-dealkylation sites (tertiary alicyclic amines) is 1. The molecule has 0 atom stereocenters. The number of methoxy groups -OCH3 is 1. The standard InChI is InChI=1S/C25H28N6O3S/c1-30(25(33)19-3-5-20-24(27-19)28-21(32)15-35-20)17-9-13-31(14-10-17)12-8-16-7-11-26-18-4-6-22(34-2)29-23(16)18/h3-7,11,17H,8-10,12-15H2,1-2H3,(H,27,28,32). The Labute approximate surface area is 208 Å². The van der Waals surface area contributed by atoms with E-state index in [2.05, 4.69) is 25.2 Å². The summed E-state index contributed by atoms with van der Waals surface area (Å²) in [6.07, 6.45) is 4.52. The molecule has 35 heavy (non-hydrogen) atoms. The van der Waals surface area contributed by atoms with Gasteiger partial charge in [-0.2, -0.15) is 0 Å². The van der Waals surface area contributed by atoms with E-state index in [0.717, 1.165) is 60.4 Å². The highest BCUT2D eigenvalue weighted by Gasteiger charge is 2.27. The minimum absolute atomic E-state index is 0.0880. The molecule has 2 amide bonds. The van der Waals surface area contributed by atoms with Crippen LogP contribution in [0.2, 0.25) is 0 Å². The molecule has 3 aromatic rings. The summed E-state index contributed by atoms with van der Waals surface area (Å²) in [5.74, 6) is 1.25. The van der Waals surface area contributed by atoms with E-state index < -0.39 is 0 Å². The molecule has 1 fully saturated rings. The van der Waals surface area contributed by atoms with Crippen molar-refractivity contribution in [2.75, 3.05) is 44.9 Å². The molecule has 3 aromatic heterocycles. The van der Waals surface area contributed by atoms with E-state index in [4.69, 9.17) is 4.74 Å². The van der Waals surface area contributed by atoms with Crippen molar-refractivity contribution in [3.63, 3.8) is 0 Å². The number of fused-ring (bicyclic) bond motifs is 2. The number of hydrogen-bond donors (Lipinski definition) is 1.